The summed E-state index contributed by atoms with van der Waals surface area (Å²) in [5.74, 6) is 0. The Morgan fingerprint density at radius 3 is 2.32 bits per heavy atom. The van der Waals surface area contributed by atoms with Crippen molar-refractivity contribution in [2.75, 3.05) is 39.4 Å². The van der Waals surface area contributed by atoms with E-state index in [0.717, 1.165) is 38.9 Å². The van der Waals surface area contributed by atoms with E-state index >= 15 is 0 Å². The highest BCUT2D eigenvalue weighted by molar-refractivity contribution is 4.96. The van der Waals surface area contributed by atoms with E-state index in [2.05, 4.69) is 16.7 Å². The number of rotatable bonds is 2. The van der Waals surface area contributed by atoms with Crippen LogP contribution in [0, 0.1) is 0 Å². The third-order valence-corrected chi connectivity index (χ3v) is 5.58. The molecule has 3 rings (SSSR count). The van der Waals surface area contributed by atoms with Gasteiger partial charge < -0.3 is 10.5 Å². The first-order valence-electron chi connectivity index (χ1n) is 8.00. The first kappa shape index (κ1) is 13.8. The molecule has 3 fully saturated rings. The number of likely N-dealkylation sites (tertiary alicyclic amines) is 1. The molecule has 0 aromatic rings. The van der Waals surface area contributed by atoms with E-state index in [1.54, 1.807) is 0 Å². The zero-order valence-corrected chi connectivity index (χ0v) is 12.3. The van der Waals surface area contributed by atoms with Gasteiger partial charge in [-0.3, -0.25) is 9.80 Å². The molecule has 1 unspecified atom stereocenters. The van der Waals surface area contributed by atoms with E-state index in [-0.39, 0.29) is 0 Å². The fourth-order valence-corrected chi connectivity index (χ4v) is 4.16. The number of ether oxygens (including phenoxy) is 1. The van der Waals surface area contributed by atoms with E-state index in [1.807, 2.05) is 0 Å². The minimum atomic E-state index is 0.419. The van der Waals surface area contributed by atoms with Crippen LogP contribution < -0.4 is 5.73 Å². The summed E-state index contributed by atoms with van der Waals surface area (Å²) in [6.45, 7) is 8.88. The Balaban J connectivity index is 1.53. The fourth-order valence-electron chi connectivity index (χ4n) is 4.16. The second kappa shape index (κ2) is 5.68. The highest BCUT2D eigenvalue weighted by Gasteiger charge is 2.39. The summed E-state index contributed by atoms with van der Waals surface area (Å²) in [7, 11) is 0. The molecule has 4 nitrogen and oxygen atoms in total. The van der Waals surface area contributed by atoms with Crippen LogP contribution in [0.5, 0.6) is 0 Å². The molecule has 0 aromatic heterocycles. The van der Waals surface area contributed by atoms with Crippen LogP contribution in [-0.2, 0) is 4.74 Å². The molecule has 0 spiro atoms. The Labute approximate surface area is 117 Å². The van der Waals surface area contributed by atoms with Crippen molar-refractivity contribution in [3.05, 3.63) is 0 Å². The van der Waals surface area contributed by atoms with Crippen LogP contribution in [0.4, 0.5) is 0 Å². The van der Waals surface area contributed by atoms with Crippen LogP contribution >= 0.6 is 0 Å². The van der Waals surface area contributed by atoms with E-state index in [9.17, 15) is 0 Å². The van der Waals surface area contributed by atoms with Crippen molar-refractivity contribution in [2.24, 2.45) is 5.73 Å². The van der Waals surface area contributed by atoms with Crippen molar-refractivity contribution in [1.82, 2.24) is 9.80 Å². The first-order valence-corrected chi connectivity index (χ1v) is 8.00. The van der Waals surface area contributed by atoms with Gasteiger partial charge in [-0.05, 0) is 39.0 Å². The molecule has 1 saturated carbocycles. The molecule has 0 amide bonds. The van der Waals surface area contributed by atoms with Crippen LogP contribution in [0.2, 0.25) is 0 Å². The van der Waals surface area contributed by atoms with Gasteiger partial charge in [0.2, 0.25) is 0 Å². The van der Waals surface area contributed by atoms with Gasteiger partial charge in [0.1, 0.15) is 0 Å². The van der Waals surface area contributed by atoms with Crippen LogP contribution in [0.15, 0.2) is 0 Å². The maximum Gasteiger partial charge on any atom is 0.0594 e. The molecule has 1 atom stereocenters. The van der Waals surface area contributed by atoms with E-state index in [4.69, 9.17) is 10.5 Å². The molecule has 2 N–H and O–H groups in total. The molecule has 110 valence electrons. The van der Waals surface area contributed by atoms with Crippen molar-refractivity contribution in [3.63, 3.8) is 0 Å². The summed E-state index contributed by atoms with van der Waals surface area (Å²) < 4.78 is 5.49. The van der Waals surface area contributed by atoms with Crippen molar-refractivity contribution >= 4 is 0 Å². The molecule has 3 aliphatic rings. The van der Waals surface area contributed by atoms with Crippen LogP contribution in [0.25, 0.3) is 0 Å². The van der Waals surface area contributed by atoms with Gasteiger partial charge in [0.05, 0.1) is 13.2 Å². The van der Waals surface area contributed by atoms with Gasteiger partial charge in [-0.25, -0.2) is 0 Å². The fraction of sp³-hybridized carbons (Fsp3) is 1.00. The van der Waals surface area contributed by atoms with Gasteiger partial charge in [-0.2, -0.15) is 0 Å². The molecule has 1 aliphatic carbocycles. The van der Waals surface area contributed by atoms with Crippen molar-refractivity contribution < 1.29 is 4.74 Å². The van der Waals surface area contributed by atoms with E-state index in [1.165, 1.54) is 38.6 Å². The lowest BCUT2D eigenvalue weighted by Crippen LogP contribution is -2.55. The Bertz CT molecular complexity index is 296. The lowest BCUT2D eigenvalue weighted by atomic mass is 9.79. The smallest absolute Gasteiger partial charge is 0.0594 e. The molecular weight excluding hydrogens is 238 g/mol. The number of nitrogens with two attached hydrogens (primary N) is 1. The minimum Gasteiger partial charge on any atom is -0.379 e. The van der Waals surface area contributed by atoms with Crippen molar-refractivity contribution in [1.29, 1.82) is 0 Å². The number of hydrogen-bond acceptors (Lipinski definition) is 4. The summed E-state index contributed by atoms with van der Waals surface area (Å²) in [5, 5.41) is 0. The van der Waals surface area contributed by atoms with Gasteiger partial charge in [0.15, 0.2) is 0 Å². The van der Waals surface area contributed by atoms with Gasteiger partial charge in [0, 0.05) is 43.8 Å². The normalized spacial score (nSPS) is 42.6. The number of morpholine rings is 1. The van der Waals surface area contributed by atoms with Crippen molar-refractivity contribution in [2.45, 2.75) is 56.7 Å². The molecule has 2 saturated heterocycles. The first-order chi connectivity index (χ1) is 9.17. The largest absolute Gasteiger partial charge is 0.379 e. The highest BCUT2D eigenvalue weighted by atomic mass is 16.5. The Morgan fingerprint density at radius 2 is 1.74 bits per heavy atom. The summed E-state index contributed by atoms with van der Waals surface area (Å²) in [6, 6.07) is 1.22. The maximum atomic E-state index is 6.04. The average Bonchev–Trinajstić information content (AvgIpc) is 2.87. The lowest BCUT2D eigenvalue weighted by Gasteiger charge is -2.48. The Kier molecular flexibility index (Phi) is 4.13. The highest BCUT2D eigenvalue weighted by Crippen LogP contribution is 2.36. The number of hydrogen-bond donors (Lipinski definition) is 1. The van der Waals surface area contributed by atoms with Gasteiger partial charge in [-0.1, -0.05) is 0 Å². The molecule has 0 aromatic carbocycles. The molecule has 2 aliphatic heterocycles. The molecule has 2 heterocycles. The second-order valence-corrected chi connectivity index (χ2v) is 6.87. The molecule has 19 heavy (non-hydrogen) atoms. The SMILES string of the molecule is CC1(N2CCOCC2)CCC(N2CCC(N)C2)CC1. The monoisotopic (exact) mass is 267 g/mol. The second-order valence-electron chi connectivity index (χ2n) is 6.87. The maximum absolute atomic E-state index is 6.04. The molecular formula is C15H29N3O. The van der Waals surface area contributed by atoms with Crippen LogP contribution in [-0.4, -0.2) is 66.8 Å². The average molecular weight is 267 g/mol. The van der Waals surface area contributed by atoms with Crippen LogP contribution in [0.3, 0.4) is 0 Å². The lowest BCUT2D eigenvalue weighted by molar-refractivity contribution is -0.0379. The summed E-state index contributed by atoms with van der Waals surface area (Å²) in [5.41, 5.74) is 6.46. The molecule has 0 radical (unpaired) electrons. The minimum absolute atomic E-state index is 0.419. The van der Waals surface area contributed by atoms with Crippen LogP contribution in [0.1, 0.15) is 39.0 Å². The number of nitrogens with zero attached hydrogens (tertiary/aromatic N) is 2. The predicted molar refractivity (Wildman–Crippen MR) is 77.2 cm³/mol. The standard InChI is InChI=1S/C15H29N3O/c1-15(18-8-10-19-11-9-18)5-2-14(3-6-15)17-7-4-13(16)12-17/h13-14H,2-12,16H2,1H3. The summed E-state index contributed by atoms with van der Waals surface area (Å²) >= 11 is 0. The zero-order valence-electron chi connectivity index (χ0n) is 12.3. The van der Waals surface area contributed by atoms with Crippen molar-refractivity contribution in [3.8, 4) is 0 Å². The quantitative estimate of drug-likeness (QED) is 0.812. The summed E-state index contributed by atoms with van der Waals surface area (Å²) in [6.07, 6.45) is 6.56. The molecule has 4 heteroatoms. The van der Waals surface area contributed by atoms with Gasteiger partial charge in [0.25, 0.3) is 0 Å². The zero-order chi connectivity index (χ0) is 13.3. The topological polar surface area (TPSA) is 41.7 Å². The molecule has 0 bridgehead atoms. The van der Waals surface area contributed by atoms with Gasteiger partial charge in [-0.15, -0.1) is 0 Å². The Hall–Kier alpha value is -0.160. The van der Waals surface area contributed by atoms with E-state index < -0.39 is 0 Å². The summed E-state index contributed by atoms with van der Waals surface area (Å²) in [4.78, 5) is 5.31. The third kappa shape index (κ3) is 2.97. The van der Waals surface area contributed by atoms with E-state index in [0.29, 0.717) is 11.6 Å². The van der Waals surface area contributed by atoms with Gasteiger partial charge >= 0.3 is 0 Å². The predicted octanol–water partition coefficient (Wildman–Crippen LogP) is 1.05. The third-order valence-electron chi connectivity index (χ3n) is 5.58. The Morgan fingerprint density at radius 1 is 1.05 bits per heavy atom.